The van der Waals surface area contributed by atoms with Gasteiger partial charge >= 0.3 is 0 Å². The molecule has 0 N–H and O–H groups in total. The summed E-state index contributed by atoms with van der Waals surface area (Å²) in [5.41, 5.74) is 0.213. The molecule has 3 heteroatoms. The fourth-order valence-corrected chi connectivity index (χ4v) is 6.11. The van der Waals surface area contributed by atoms with Crippen LogP contribution in [0.5, 0.6) is 0 Å². The summed E-state index contributed by atoms with van der Waals surface area (Å²) in [4.78, 5) is 12.5. The van der Waals surface area contributed by atoms with E-state index in [0.29, 0.717) is 29.5 Å². The zero-order valence-corrected chi connectivity index (χ0v) is 17.7. The Morgan fingerprint density at radius 2 is 1.91 bits per heavy atom. The van der Waals surface area contributed by atoms with Crippen molar-refractivity contribution in [3.05, 3.63) is 0 Å². The smallest absolute Gasteiger partial charge is 0.191 e. The minimum atomic E-state index is -1.68. The van der Waals surface area contributed by atoms with Crippen LogP contribution in [0.25, 0.3) is 0 Å². The van der Waals surface area contributed by atoms with E-state index in [4.69, 9.17) is 4.43 Å². The first kappa shape index (κ1) is 19.2. The molecule has 0 amide bonds. The third-order valence-corrected chi connectivity index (χ3v) is 11.8. The van der Waals surface area contributed by atoms with Gasteiger partial charge in [0.05, 0.1) is 0 Å². The Balaban J connectivity index is 2.06. The molecule has 0 unspecified atom stereocenters. The molecular formula is C20H38O2Si. The number of carbonyl (C=O) groups is 1. The largest absolute Gasteiger partial charge is 0.417 e. The van der Waals surface area contributed by atoms with E-state index in [0.717, 1.165) is 19.4 Å². The van der Waals surface area contributed by atoms with Crippen molar-refractivity contribution < 1.29 is 9.22 Å². The van der Waals surface area contributed by atoms with Gasteiger partial charge in [-0.25, -0.2) is 0 Å². The highest BCUT2D eigenvalue weighted by Gasteiger charge is 2.54. The number of hydrogen-bond acceptors (Lipinski definition) is 2. The lowest BCUT2D eigenvalue weighted by molar-refractivity contribution is -0.132. The van der Waals surface area contributed by atoms with Gasteiger partial charge in [0.1, 0.15) is 5.78 Å². The third-order valence-electron chi connectivity index (χ3n) is 7.34. The van der Waals surface area contributed by atoms with E-state index in [1.807, 2.05) is 0 Å². The second-order valence-electron chi connectivity index (χ2n) is 10.3. The molecule has 0 aromatic heterocycles. The molecule has 134 valence electrons. The quantitative estimate of drug-likeness (QED) is 0.617. The average molecular weight is 339 g/mol. The molecule has 0 saturated heterocycles. The number of carbonyl (C=O) groups excluding carboxylic acids is 1. The fourth-order valence-electron chi connectivity index (χ4n) is 5.00. The number of hydrogen-bond donors (Lipinski definition) is 0. The lowest BCUT2D eigenvalue weighted by Gasteiger charge is -2.45. The highest BCUT2D eigenvalue weighted by atomic mass is 28.4. The fraction of sp³-hybridized carbons (Fsp3) is 0.950. The molecule has 2 fully saturated rings. The number of ketones is 1. The van der Waals surface area contributed by atoms with Gasteiger partial charge in [-0.2, -0.15) is 0 Å². The van der Waals surface area contributed by atoms with Gasteiger partial charge in [-0.15, -0.1) is 0 Å². The van der Waals surface area contributed by atoms with E-state index < -0.39 is 8.32 Å². The summed E-state index contributed by atoms with van der Waals surface area (Å²) in [6.07, 6.45) is 4.35. The summed E-state index contributed by atoms with van der Waals surface area (Å²) in [6.45, 7) is 19.5. The van der Waals surface area contributed by atoms with Gasteiger partial charge in [-0.05, 0) is 60.6 Å². The van der Waals surface area contributed by atoms with Crippen LogP contribution in [0, 0.1) is 29.1 Å². The molecule has 2 nitrogen and oxygen atoms in total. The molecule has 0 aromatic carbocycles. The predicted molar refractivity (Wildman–Crippen MR) is 100 cm³/mol. The summed E-state index contributed by atoms with van der Waals surface area (Å²) in [7, 11) is -1.68. The number of fused-ring (bicyclic) bond motifs is 1. The summed E-state index contributed by atoms with van der Waals surface area (Å²) >= 11 is 0. The SMILES string of the molecule is C[C@H]1CC(=O)[C@@H]2CC[C@H]([C@H](C)CO[Si](C)(C)C(C)(C)C)[C@@]2(C)C1. The number of Topliss-reactive ketones (excluding diaryl/α,β-unsaturated/α-hetero) is 1. The molecule has 0 aliphatic heterocycles. The Morgan fingerprint density at radius 3 is 2.48 bits per heavy atom. The van der Waals surface area contributed by atoms with Crippen molar-refractivity contribution in [2.75, 3.05) is 6.61 Å². The van der Waals surface area contributed by atoms with Gasteiger partial charge in [0.15, 0.2) is 8.32 Å². The molecular weight excluding hydrogens is 300 g/mol. The lowest BCUT2D eigenvalue weighted by atomic mass is 9.60. The van der Waals surface area contributed by atoms with E-state index in [1.165, 1.54) is 12.8 Å². The zero-order chi connectivity index (χ0) is 17.6. The predicted octanol–water partition coefficient (Wildman–Crippen LogP) is 5.68. The molecule has 2 aliphatic rings. The maximum absolute atomic E-state index is 12.5. The maximum atomic E-state index is 12.5. The summed E-state index contributed by atoms with van der Waals surface area (Å²) in [5.74, 6) is 2.60. The van der Waals surface area contributed by atoms with E-state index in [-0.39, 0.29) is 10.5 Å². The van der Waals surface area contributed by atoms with Crippen LogP contribution in [-0.4, -0.2) is 20.7 Å². The highest BCUT2D eigenvalue weighted by Crippen LogP contribution is 2.57. The van der Waals surface area contributed by atoms with Crippen molar-refractivity contribution in [2.24, 2.45) is 29.1 Å². The molecule has 2 rings (SSSR count). The topological polar surface area (TPSA) is 26.3 Å². The van der Waals surface area contributed by atoms with Crippen molar-refractivity contribution in [3.63, 3.8) is 0 Å². The summed E-state index contributed by atoms with van der Waals surface area (Å²) < 4.78 is 6.50. The van der Waals surface area contributed by atoms with Gasteiger partial charge in [-0.1, -0.05) is 41.5 Å². The van der Waals surface area contributed by atoms with Crippen molar-refractivity contribution in [3.8, 4) is 0 Å². The lowest BCUT2D eigenvalue weighted by Crippen LogP contribution is -2.45. The second-order valence-corrected chi connectivity index (χ2v) is 15.1. The Bertz CT molecular complexity index is 451. The molecule has 0 heterocycles. The monoisotopic (exact) mass is 338 g/mol. The van der Waals surface area contributed by atoms with E-state index in [1.54, 1.807) is 0 Å². The average Bonchev–Trinajstić information content (AvgIpc) is 2.71. The van der Waals surface area contributed by atoms with Gasteiger partial charge < -0.3 is 4.43 Å². The Hall–Kier alpha value is -0.153. The number of rotatable bonds is 4. The molecule has 23 heavy (non-hydrogen) atoms. The summed E-state index contributed by atoms with van der Waals surface area (Å²) in [6, 6.07) is 0. The zero-order valence-electron chi connectivity index (χ0n) is 16.7. The molecule has 0 bridgehead atoms. The first-order valence-electron chi connectivity index (χ1n) is 9.55. The normalized spacial score (nSPS) is 36.9. The second kappa shape index (κ2) is 6.29. The highest BCUT2D eigenvalue weighted by molar-refractivity contribution is 6.74. The van der Waals surface area contributed by atoms with Crippen molar-refractivity contribution in [1.29, 1.82) is 0 Å². The molecule has 5 atom stereocenters. The molecule has 2 aliphatic carbocycles. The molecule has 0 spiro atoms. The van der Waals surface area contributed by atoms with Crippen molar-refractivity contribution in [1.82, 2.24) is 0 Å². The van der Waals surface area contributed by atoms with Crippen molar-refractivity contribution >= 4 is 14.1 Å². The van der Waals surface area contributed by atoms with Gasteiger partial charge in [0, 0.05) is 18.9 Å². The van der Waals surface area contributed by atoms with Crippen LogP contribution < -0.4 is 0 Å². The van der Waals surface area contributed by atoms with E-state index >= 15 is 0 Å². The summed E-state index contributed by atoms with van der Waals surface area (Å²) in [5, 5.41) is 0.268. The van der Waals surface area contributed by atoms with Crippen LogP contribution >= 0.6 is 0 Å². The first-order chi connectivity index (χ1) is 10.4. The Kier molecular flexibility index (Phi) is 5.25. The molecule has 0 radical (unpaired) electrons. The standard InChI is InChI=1S/C20H38O2Si/c1-14-11-18(21)17-10-9-16(20(17,6)12-14)15(2)13-22-23(7,8)19(3,4)5/h14-17H,9-13H2,1-8H3/t14-,15+,16+,17-,20+/m0/s1. The van der Waals surface area contributed by atoms with E-state index in [2.05, 4.69) is 54.6 Å². The van der Waals surface area contributed by atoms with E-state index in [9.17, 15) is 4.79 Å². The van der Waals surface area contributed by atoms with Gasteiger partial charge in [0.25, 0.3) is 0 Å². The van der Waals surface area contributed by atoms with Crippen LogP contribution in [0.1, 0.15) is 67.2 Å². The van der Waals surface area contributed by atoms with Crippen LogP contribution in [0.3, 0.4) is 0 Å². The van der Waals surface area contributed by atoms with Gasteiger partial charge in [0.2, 0.25) is 0 Å². The van der Waals surface area contributed by atoms with Crippen LogP contribution in [0.2, 0.25) is 18.1 Å². The first-order valence-corrected chi connectivity index (χ1v) is 12.5. The third kappa shape index (κ3) is 3.61. The maximum Gasteiger partial charge on any atom is 0.191 e. The minimum Gasteiger partial charge on any atom is -0.417 e. The van der Waals surface area contributed by atoms with Crippen LogP contribution in [-0.2, 0) is 9.22 Å². The minimum absolute atomic E-state index is 0.213. The molecule has 0 aromatic rings. The van der Waals surface area contributed by atoms with Crippen molar-refractivity contribution in [2.45, 2.75) is 85.4 Å². The molecule has 2 saturated carbocycles. The van der Waals surface area contributed by atoms with Crippen LogP contribution in [0.15, 0.2) is 0 Å². The van der Waals surface area contributed by atoms with Gasteiger partial charge in [-0.3, -0.25) is 4.79 Å². The Labute approximate surface area is 144 Å². The Morgan fingerprint density at radius 1 is 1.30 bits per heavy atom. The van der Waals surface area contributed by atoms with Crippen LogP contribution in [0.4, 0.5) is 0 Å².